The van der Waals surface area contributed by atoms with Crippen LogP contribution in [0.15, 0.2) is 36.7 Å². The summed E-state index contributed by atoms with van der Waals surface area (Å²) in [5.41, 5.74) is 1.89. The van der Waals surface area contributed by atoms with E-state index in [1.165, 1.54) is 0 Å². The number of halogens is 2. The van der Waals surface area contributed by atoms with Gasteiger partial charge in [-0.25, -0.2) is 9.97 Å². The standard InChI is InChI=1S/C25H29Cl2N5O2/c1-33-22-12-18-20(13-23(22)34-2)28-16-29-25(18)32-7-6-17(15-32)14-30-8-10-31(11-9-30)21-5-3-4-19(26)24(21)27/h3-5,12-13,16-17H,6-11,14-15H2,1-2H3. The van der Waals surface area contributed by atoms with Crippen molar-refractivity contribution in [1.82, 2.24) is 14.9 Å². The van der Waals surface area contributed by atoms with Gasteiger partial charge in [-0.05, 0) is 30.5 Å². The Morgan fingerprint density at radius 3 is 2.47 bits per heavy atom. The van der Waals surface area contributed by atoms with Crippen LogP contribution in [0.25, 0.3) is 10.9 Å². The molecule has 3 aromatic rings. The lowest BCUT2D eigenvalue weighted by Gasteiger charge is -2.37. The number of hydrogen-bond donors (Lipinski definition) is 0. The third-order valence-corrected chi connectivity index (χ3v) is 7.67. The number of nitrogens with zero attached hydrogens (tertiary/aromatic N) is 5. The average molecular weight is 502 g/mol. The molecule has 0 saturated carbocycles. The maximum atomic E-state index is 6.43. The molecule has 0 aliphatic carbocycles. The van der Waals surface area contributed by atoms with E-state index in [4.69, 9.17) is 32.7 Å². The first-order valence-corrected chi connectivity index (χ1v) is 12.4. The number of hydrogen-bond acceptors (Lipinski definition) is 7. The summed E-state index contributed by atoms with van der Waals surface area (Å²) in [5.74, 6) is 2.94. The van der Waals surface area contributed by atoms with Gasteiger partial charge in [0.15, 0.2) is 11.5 Å². The van der Waals surface area contributed by atoms with Crippen molar-refractivity contribution in [2.24, 2.45) is 5.92 Å². The van der Waals surface area contributed by atoms with E-state index < -0.39 is 0 Å². The summed E-state index contributed by atoms with van der Waals surface area (Å²) in [6.45, 7) is 7.01. The van der Waals surface area contributed by atoms with Gasteiger partial charge in [-0.2, -0.15) is 0 Å². The molecule has 2 aromatic carbocycles. The predicted octanol–water partition coefficient (Wildman–Crippen LogP) is 4.60. The van der Waals surface area contributed by atoms with Gasteiger partial charge in [0.05, 0.1) is 35.5 Å². The first kappa shape index (κ1) is 23.3. The minimum absolute atomic E-state index is 0.603. The largest absolute Gasteiger partial charge is 0.493 e. The molecule has 1 unspecified atom stereocenters. The number of benzene rings is 2. The highest BCUT2D eigenvalue weighted by Crippen LogP contribution is 2.36. The van der Waals surface area contributed by atoms with Gasteiger partial charge < -0.3 is 19.3 Å². The van der Waals surface area contributed by atoms with Crippen molar-refractivity contribution in [3.63, 3.8) is 0 Å². The van der Waals surface area contributed by atoms with Gasteiger partial charge in [0.2, 0.25) is 0 Å². The summed E-state index contributed by atoms with van der Waals surface area (Å²) in [5, 5.41) is 2.25. The molecule has 1 aromatic heterocycles. The van der Waals surface area contributed by atoms with Crippen molar-refractivity contribution >= 4 is 45.6 Å². The number of fused-ring (bicyclic) bond motifs is 1. The van der Waals surface area contributed by atoms with Gasteiger partial charge in [-0.15, -0.1) is 0 Å². The number of anilines is 2. The molecule has 180 valence electrons. The molecule has 34 heavy (non-hydrogen) atoms. The van der Waals surface area contributed by atoms with E-state index in [1.54, 1.807) is 20.5 Å². The van der Waals surface area contributed by atoms with Crippen molar-refractivity contribution in [2.45, 2.75) is 6.42 Å². The fourth-order valence-electron chi connectivity index (χ4n) is 5.07. The Hall–Kier alpha value is -2.48. The molecule has 2 aliphatic heterocycles. The Kier molecular flexibility index (Phi) is 6.86. The van der Waals surface area contributed by atoms with Gasteiger partial charge in [-0.1, -0.05) is 29.3 Å². The second-order valence-electron chi connectivity index (χ2n) is 8.88. The molecule has 2 fully saturated rings. The van der Waals surface area contributed by atoms with Crippen LogP contribution in [0.5, 0.6) is 11.5 Å². The van der Waals surface area contributed by atoms with Crippen LogP contribution in [0.3, 0.4) is 0 Å². The molecule has 3 heterocycles. The SMILES string of the molecule is COc1cc2ncnc(N3CCC(CN4CCN(c5cccc(Cl)c5Cl)CC4)C3)c2cc1OC. The highest BCUT2D eigenvalue weighted by Gasteiger charge is 2.28. The maximum Gasteiger partial charge on any atom is 0.162 e. The second kappa shape index (κ2) is 10.0. The Labute approximate surface area is 210 Å². The van der Waals surface area contributed by atoms with E-state index in [0.29, 0.717) is 27.5 Å². The number of methoxy groups -OCH3 is 2. The fraction of sp³-hybridized carbons (Fsp3) is 0.440. The van der Waals surface area contributed by atoms with Crippen LogP contribution >= 0.6 is 23.2 Å². The van der Waals surface area contributed by atoms with E-state index in [2.05, 4.69) is 30.7 Å². The van der Waals surface area contributed by atoms with Crippen molar-refractivity contribution in [3.8, 4) is 11.5 Å². The van der Waals surface area contributed by atoms with Gasteiger partial charge in [0, 0.05) is 57.3 Å². The normalized spacial score (nSPS) is 19.1. The average Bonchev–Trinajstić information content (AvgIpc) is 3.33. The lowest BCUT2D eigenvalue weighted by Crippen LogP contribution is -2.48. The Morgan fingerprint density at radius 1 is 0.941 bits per heavy atom. The van der Waals surface area contributed by atoms with E-state index in [1.807, 2.05) is 24.3 Å². The first-order valence-electron chi connectivity index (χ1n) is 11.6. The van der Waals surface area contributed by atoms with Gasteiger partial charge in [0.25, 0.3) is 0 Å². The van der Waals surface area contributed by atoms with Crippen molar-refractivity contribution in [1.29, 1.82) is 0 Å². The predicted molar refractivity (Wildman–Crippen MR) is 138 cm³/mol. The van der Waals surface area contributed by atoms with Crippen LogP contribution in [0.1, 0.15) is 6.42 Å². The number of ether oxygens (including phenoxy) is 2. The minimum atomic E-state index is 0.603. The Morgan fingerprint density at radius 2 is 1.71 bits per heavy atom. The molecular weight excluding hydrogens is 473 g/mol. The molecular formula is C25H29Cl2N5O2. The molecule has 0 spiro atoms. The molecule has 5 rings (SSSR count). The van der Waals surface area contributed by atoms with Crippen LogP contribution in [0, 0.1) is 5.92 Å². The van der Waals surface area contributed by atoms with Crippen LogP contribution in [0.4, 0.5) is 11.5 Å². The summed E-state index contributed by atoms with van der Waals surface area (Å²) in [7, 11) is 3.29. The zero-order valence-corrected chi connectivity index (χ0v) is 21.0. The van der Waals surface area contributed by atoms with Crippen LogP contribution in [0.2, 0.25) is 10.0 Å². The van der Waals surface area contributed by atoms with Gasteiger partial charge >= 0.3 is 0 Å². The summed E-state index contributed by atoms with van der Waals surface area (Å²) in [6, 6.07) is 9.75. The molecule has 2 aliphatic rings. The Balaban J connectivity index is 1.22. The number of aromatic nitrogens is 2. The van der Waals surface area contributed by atoms with Crippen LogP contribution in [-0.4, -0.2) is 74.9 Å². The van der Waals surface area contributed by atoms with E-state index >= 15 is 0 Å². The molecule has 7 nitrogen and oxygen atoms in total. The Bertz CT molecular complexity index is 1170. The van der Waals surface area contributed by atoms with E-state index in [0.717, 1.165) is 74.6 Å². The zero-order valence-electron chi connectivity index (χ0n) is 19.5. The van der Waals surface area contributed by atoms with Crippen LogP contribution in [-0.2, 0) is 0 Å². The summed E-state index contributed by atoms with van der Waals surface area (Å²) >= 11 is 12.6. The van der Waals surface area contributed by atoms with Crippen molar-refractivity contribution < 1.29 is 9.47 Å². The lowest BCUT2D eigenvalue weighted by molar-refractivity contribution is 0.225. The summed E-state index contributed by atoms with van der Waals surface area (Å²) in [4.78, 5) is 16.4. The minimum Gasteiger partial charge on any atom is -0.493 e. The van der Waals surface area contributed by atoms with Gasteiger partial charge in [0.1, 0.15) is 12.1 Å². The molecule has 0 amide bonds. The quantitative estimate of drug-likeness (QED) is 0.488. The lowest BCUT2D eigenvalue weighted by atomic mass is 10.1. The van der Waals surface area contributed by atoms with E-state index in [9.17, 15) is 0 Å². The van der Waals surface area contributed by atoms with Crippen LogP contribution < -0.4 is 19.3 Å². The summed E-state index contributed by atoms with van der Waals surface area (Å²) in [6.07, 6.45) is 2.79. The molecule has 0 bridgehead atoms. The van der Waals surface area contributed by atoms with Gasteiger partial charge in [-0.3, -0.25) is 4.90 Å². The second-order valence-corrected chi connectivity index (χ2v) is 9.67. The highest BCUT2D eigenvalue weighted by molar-refractivity contribution is 6.43. The van der Waals surface area contributed by atoms with Crippen molar-refractivity contribution in [2.75, 3.05) is 69.8 Å². The molecule has 9 heteroatoms. The molecule has 2 saturated heterocycles. The zero-order chi connectivity index (χ0) is 23.7. The summed E-state index contributed by atoms with van der Waals surface area (Å²) < 4.78 is 11.0. The molecule has 0 radical (unpaired) electrons. The third kappa shape index (κ3) is 4.57. The first-order chi connectivity index (χ1) is 16.6. The van der Waals surface area contributed by atoms with E-state index in [-0.39, 0.29) is 0 Å². The van der Waals surface area contributed by atoms with Crippen molar-refractivity contribution in [3.05, 3.63) is 46.7 Å². The monoisotopic (exact) mass is 501 g/mol. The third-order valence-electron chi connectivity index (χ3n) is 6.87. The number of rotatable bonds is 6. The highest BCUT2D eigenvalue weighted by atomic mass is 35.5. The fourth-order valence-corrected chi connectivity index (χ4v) is 5.48. The molecule has 1 atom stereocenters. The number of piperazine rings is 1. The molecule has 0 N–H and O–H groups in total. The maximum absolute atomic E-state index is 6.43. The topological polar surface area (TPSA) is 54.0 Å². The smallest absolute Gasteiger partial charge is 0.162 e.